The van der Waals surface area contributed by atoms with Crippen LogP contribution in [-0.4, -0.2) is 19.6 Å². The van der Waals surface area contributed by atoms with Crippen LogP contribution < -0.4 is 10.6 Å². The quantitative estimate of drug-likeness (QED) is 0.598. The van der Waals surface area contributed by atoms with E-state index >= 15 is 0 Å². The first-order valence-electron chi connectivity index (χ1n) is 5.48. The van der Waals surface area contributed by atoms with Gasteiger partial charge < -0.3 is 10.6 Å². The first-order valence-corrected chi connectivity index (χ1v) is 5.48. The molecule has 0 saturated heterocycles. The van der Waals surface area contributed by atoms with Crippen LogP contribution in [0.25, 0.3) is 0 Å². The van der Waals surface area contributed by atoms with Crippen molar-refractivity contribution >= 4 is 0 Å². The summed E-state index contributed by atoms with van der Waals surface area (Å²) >= 11 is 0. The Kier molecular flexibility index (Phi) is 5.66. The summed E-state index contributed by atoms with van der Waals surface area (Å²) in [6, 6.07) is 0. The fourth-order valence-corrected chi connectivity index (χ4v) is 1.56. The van der Waals surface area contributed by atoms with Crippen LogP contribution in [0.1, 0.15) is 32.6 Å². The number of nitrogens with one attached hydrogen (secondary N) is 2. The van der Waals surface area contributed by atoms with Crippen molar-refractivity contribution in [3.05, 3.63) is 12.3 Å². The largest absolute Gasteiger partial charge is 0.391 e. The molecule has 0 bridgehead atoms. The SMILES string of the molecule is CC1CC/C=C\NCCCNCC1. The highest BCUT2D eigenvalue weighted by atomic mass is 14.9. The molecule has 13 heavy (non-hydrogen) atoms. The van der Waals surface area contributed by atoms with E-state index in [1.165, 1.54) is 32.2 Å². The third-order valence-corrected chi connectivity index (χ3v) is 2.55. The summed E-state index contributed by atoms with van der Waals surface area (Å²) in [6.45, 7) is 5.77. The second-order valence-corrected chi connectivity index (χ2v) is 3.93. The summed E-state index contributed by atoms with van der Waals surface area (Å²) in [6.07, 6.45) is 9.44. The van der Waals surface area contributed by atoms with Gasteiger partial charge in [-0.15, -0.1) is 0 Å². The van der Waals surface area contributed by atoms with Gasteiger partial charge in [-0.2, -0.15) is 0 Å². The molecule has 1 atom stereocenters. The van der Waals surface area contributed by atoms with Gasteiger partial charge in [0.2, 0.25) is 0 Å². The minimum Gasteiger partial charge on any atom is -0.391 e. The predicted molar refractivity (Wildman–Crippen MR) is 57.6 cm³/mol. The van der Waals surface area contributed by atoms with E-state index in [9.17, 15) is 0 Å². The van der Waals surface area contributed by atoms with Crippen molar-refractivity contribution in [1.29, 1.82) is 0 Å². The first-order chi connectivity index (χ1) is 6.39. The molecule has 2 nitrogen and oxygen atoms in total. The van der Waals surface area contributed by atoms with Crippen LogP contribution in [0.4, 0.5) is 0 Å². The van der Waals surface area contributed by atoms with E-state index in [0.29, 0.717) is 0 Å². The number of hydrogen-bond donors (Lipinski definition) is 2. The predicted octanol–water partition coefficient (Wildman–Crippen LogP) is 1.89. The summed E-state index contributed by atoms with van der Waals surface area (Å²) in [4.78, 5) is 0. The summed E-state index contributed by atoms with van der Waals surface area (Å²) < 4.78 is 0. The fourth-order valence-electron chi connectivity index (χ4n) is 1.56. The van der Waals surface area contributed by atoms with Crippen LogP contribution in [-0.2, 0) is 0 Å². The molecule has 0 aromatic rings. The molecule has 1 aliphatic rings. The molecule has 0 aromatic heterocycles. The van der Waals surface area contributed by atoms with Crippen molar-refractivity contribution in [3.63, 3.8) is 0 Å². The van der Waals surface area contributed by atoms with Gasteiger partial charge in [-0.25, -0.2) is 0 Å². The van der Waals surface area contributed by atoms with E-state index in [1.807, 2.05) is 0 Å². The van der Waals surface area contributed by atoms with Gasteiger partial charge in [-0.3, -0.25) is 0 Å². The molecule has 1 rings (SSSR count). The Bertz CT molecular complexity index is 143. The highest BCUT2D eigenvalue weighted by Crippen LogP contribution is 2.09. The molecular weight excluding hydrogens is 160 g/mol. The third-order valence-electron chi connectivity index (χ3n) is 2.55. The van der Waals surface area contributed by atoms with Crippen molar-refractivity contribution in [2.24, 2.45) is 5.92 Å². The number of allylic oxidation sites excluding steroid dienone is 1. The highest BCUT2D eigenvalue weighted by molar-refractivity contribution is 4.80. The van der Waals surface area contributed by atoms with Gasteiger partial charge in [0.05, 0.1) is 0 Å². The van der Waals surface area contributed by atoms with Crippen LogP contribution in [0.15, 0.2) is 12.3 Å². The first kappa shape index (κ1) is 10.6. The van der Waals surface area contributed by atoms with Gasteiger partial charge in [0.15, 0.2) is 0 Å². The van der Waals surface area contributed by atoms with Crippen LogP contribution in [0.5, 0.6) is 0 Å². The number of hydrogen-bond acceptors (Lipinski definition) is 2. The molecule has 1 aliphatic heterocycles. The minimum atomic E-state index is 0.858. The van der Waals surface area contributed by atoms with E-state index < -0.39 is 0 Å². The molecule has 0 saturated carbocycles. The Morgan fingerprint density at radius 1 is 1.15 bits per heavy atom. The molecule has 76 valence electrons. The zero-order valence-electron chi connectivity index (χ0n) is 8.68. The normalized spacial score (nSPS) is 29.5. The Labute approximate surface area is 81.8 Å². The molecular formula is C11H22N2. The van der Waals surface area contributed by atoms with Gasteiger partial charge in [-0.1, -0.05) is 13.0 Å². The Morgan fingerprint density at radius 3 is 3.00 bits per heavy atom. The molecule has 0 aromatic carbocycles. The lowest BCUT2D eigenvalue weighted by molar-refractivity contribution is 0.468. The van der Waals surface area contributed by atoms with E-state index in [0.717, 1.165) is 19.0 Å². The molecule has 2 N–H and O–H groups in total. The summed E-state index contributed by atoms with van der Waals surface area (Å²) in [5.74, 6) is 0.858. The van der Waals surface area contributed by atoms with Crippen molar-refractivity contribution in [1.82, 2.24) is 10.6 Å². The standard InChI is InChI=1S/C11H22N2/c1-11-5-2-3-7-12-8-4-9-13-10-6-11/h3,7,11-13H,2,4-6,8-10H2,1H3/b7-3-. The van der Waals surface area contributed by atoms with Gasteiger partial charge in [0.1, 0.15) is 0 Å². The highest BCUT2D eigenvalue weighted by Gasteiger charge is 2.00. The number of rotatable bonds is 0. The average molecular weight is 182 g/mol. The second kappa shape index (κ2) is 6.96. The molecule has 0 amide bonds. The van der Waals surface area contributed by atoms with Gasteiger partial charge in [0, 0.05) is 6.54 Å². The molecule has 2 heteroatoms. The Morgan fingerprint density at radius 2 is 2.08 bits per heavy atom. The summed E-state index contributed by atoms with van der Waals surface area (Å²) in [7, 11) is 0. The maximum atomic E-state index is 3.47. The maximum Gasteiger partial charge on any atom is 0.0153 e. The molecule has 0 fully saturated rings. The third kappa shape index (κ3) is 5.69. The molecule has 1 unspecified atom stereocenters. The smallest absolute Gasteiger partial charge is 0.0153 e. The van der Waals surface area contributed by atoms with Crippen LogP contribution in [0.2, 0.25) is 0 Å². The second-order valence-electron chi connectivity index (χ2n) is 3.93. The topological polar surface area (TPSA) is 24.1 Å². The lowest BCUT2D eigenvalue weighted by atomic mass is 10.0. The van der Waals surface area contributed by atoms with Crippen molar-refractivity contribution in [3.8, 4) is 0 Å². The maximum absolute atomic E-state index is 3.47. The Hall–Kier alpha value is -0.500. The summed E-state index contributed by atoms with van der Waals surface area (Å²) in [5.41, 5.74) is 0. The van der Waals surface area contributed by atoms with Gasteiger partial charge in [0.25, 0.3) is 0 Å². The van der Waals surface area contributed by atoms with Gasteiger partial charge in [-0.05, 0) is 50.9 Å². The van der Waals surface area contributed by atoms with Crippen molar-refractivity contribution in [2.75, 3.05) is 19.6 Å². The fraction of sp³-hybridized carbons (Fsp3) is 0.818. The Balaban J connectivity index is 2.21. The minimum absolute atomic E-state index is 0.858. The van der Waals surface area contributed by atoms with Gasteiger partial charge >= 0.3 is 0 Å². The lowest BCUT2D eigenvalue weighted by Crippen LogP contribution is -2.22. The molecule has 0 radical (unpaired) electrons. The molecule has 1 heterocycles. The van der Waals surface area contributed by atoms with E-state index in [4.69, 9.17) is 0 Å². The zero-order chi connectivity index (χ0) is 9.36. The van der Waals surface area contributed by atoms with E-state index in [-0.39, 0.29) is 0 Å². The molecule has 0 aliphatic carbocycles. The van der Waals surface area contributed by atoms with Crippen LogP contribution in [0.3, 0.4) is 0 Å². The zero-order valence-corrected chi connectivity index (χ0v) is 8.68. The lowest BCUT2D eigenvalue weighted by Gasteiger charge is -2.12. The average Bonchev–Trinajstić information content (AvgIpc) is 2.11. The molecule has 0 spiro atoms. The monoisotopic (exact) mass is 182 g/mol. The summed E-state index contributed by atoms with van der Waals surface area (Å²) in [5, 5.41) is 6.77. The van der Waals surface area contributed by atoms with E-state index in [2.05, 4.69) is 29.8 Å². The van der Waals surface area contributed by atoms with Crippen molar-refractivity contribution < 1.29 is 0 Å². The van der Waals surface area contributed by atoms with Crippen LogP contribution in [0, 0.1) is 5.92 Å². The van der Waals surface area contributed by atoms with Crippen LogP contribution >= 0.6 is 0 Å². The van der Waals surface area contributed by atoms with Crippen molar-refractivity contribution in [2.45, 2.75) is 32.6 Å². The van der Waals surface area contributed by atoms with E-state index in [1.54, 1.807) is 0 Å².